The van der Waals surface area contributed by atoms with E-state index in [-0.39, 0.29) is 17.7 Å². The summed E-state index contributed by atoms with van der Waals surface area (Å²) in [5.74, 6) is 0.175. The van der Waals surface area contributed by atoms with Crippen LogP contribution in [0.25, 0.3) is 0 Å². The molecule has 0 aliphatic carbocycles. The summed E-state index contributed by atoms with van der Waals surface area (Å²) in [7, 11) is 0. The summed E-state index contributed by atoms with van der Waals surface area (Å²) in [5.41, 5.74) is 0. The van der Waals surface area contributed by atoms with E-state index < -0.39 is 0 Å². The van der Waals surface area contributed by atoms with Crippen molar-refractivity contribution < 1.29 is 14.4 Å². The monoisotopic (exact) mass is 324 g/mol. The Hall–Kier alpha value is -1.39. The minimum absolute atomic E-state index is 0.00188. The molecule has 1 aliphatic rings. The summed E-state index contributed by atoms with van der Waals surface area (Å²) >= 11 is 0. The maximum Gasteiger partial charge on any atom is 0.229 e. The van der Waals surface area contributed by atoms with Crippen LogP contribution >= 0.6 is 0 Å². The Bertz CT molecular complexity index is 366. The number of amides is 3. The van der Waals surface area contributed by atoms with Crippen molar-refractivity contribution in [3.8, 4) is 0 Å². The average Bonchev–Trinajstić information content (AvgIpc) is 2.86. The van der Waals surface area contributed by atoms with Gasteiger partial charge in [0.2, 0.25) is 17.7 Å². The Balaban J connectivity index is 1.84. The average molecular weight is 324 g/mol. The first-order chi connectivity index (χ1) is 11.1. The van der Waals surface area contributed by atoms with Gasteiger partial charge in [-0.3, -0.25) is 19.3 Å². The third-order valence-corrected chi connectivity index (χ3v) is 4.26. The smallest absolute Gasteiger partial charge is 0.229 e. The van der Waals surface area contributed by atoms with Crippen molar-refractivity contribution in [2.24, 2.45) is 0 Å². The molecule has 0 aromatic rings. The van der Waals surface area contributed by atoms with Crippen LogP contribution in [0.3, 0.4) is 0 Å². The standard InChI is InChI=1S/C18H32N2O3/c1-2-14-19-16(21)11-9-7-5-3-4-6-8-10-15-20-17(22)12-13-18(20)23/h2-15H2,1H3,(H,19,21). The molecule has 23 heavy (non-hydrogen) atoms. The Kier molecular flexibility index (Phi) is 10.3. The van der Waals surface area contributed by atoms with E-state index in [1.165, 1.54) is 24.2 Å². The maximum atomic E-state index is 11.4. The Labute approximate surface area is 140 Å². The SMILES string of the molecule is CCCNC(=O)CCCCCCCCCCN1C(=O)CCC1=O. The predicted molar refractivity (Wildman–Crippen MR) is 90.8 cm³/mol. The van der Waals surface area contributed by atoms with Crippen LogP contribution in [0.15, 0.2) is 0 Å². The molecule has 5 heteroatoms. The second kappa shape index (κ2) is 12.1. The van der Waals surface area contributed by atoms with Gasteiger partial charge in [0.1, 0.15) is 0 Å². The molecule has 0 radical (unpaired) electrons. The van der Waals surface area contributed by atoms with Gasteiger partial charge in [0, 0.05) is 32.4 Å². The lowest BCUT2D eigenvalue weighted by Crippen LogP contribution is -2.29. The van der Waals surface area contributed by atoms with Gasteiger partial charge in [-0.1, -0.05) is 45.4 Å². The third-order valence-electron chi connectivity index (χ3n) is 4.26. The Morgan fingerprint density at radius 2 is 1.43 bits per heavy atom. The number of carbonyl (C=O) groups is 3. The molecule has 132 valence electrons. The first-order valence-electron chi connectivity index (χ1n) is 9.25. The molecule has 0 saturated carbocycles. The van der Waals surface area contributed by atoms with Crippen LogP contribution in [0.2, 0.25) is 0 Å². The number of likely N-dealkylation sites (tertiary alicyclic amines) is 1. The van der Waals surface area contributed by atoms with E-state index in [1.807, 2.05) is 0 Å². The molecular weight excluding hydrogens is 292 g/mol. The summed E-state index contributed by atoms with van der Waals surface area (Å²) in [6.45, 7) is 3.44. The molecule has 1 rings (SSSR count). The summed E-state index contributed by atoms with van der Waals surface area (Å²) < 4.78 is 0. The summed E-state index contributed by atoms with van der Waals surface area (Å²) in [6.07, 6.45) is 11.3. The number of nitrogens with one attached hydrogen (secondary N) is 1. The molecule has 0 aromatic heterocycles. The highest BCUT2D eigenvalue weighted by molar-refractivity contribution is 6.01. The van der Waals surface area contributed by atoms with Crippen LogP contribution in [-0.2, 0) is 14.4 Å². The largest absolute Gasteiger partial charge is 0.356 e. The zero-order valence-electron chi connectivity index (χ0n) is 14.6. The van der Waals surface area contributed by atoms with Gasteiger partial charge in [0.25, 0.3) is 0 Å². The molecule has 1 saturated heterocycles. The number of imide groups is 1. The second-order valence-electron chi connectivity index (χ2n) is 6.37. The highest BCUT2D eigenvalue weighted by Gasteiger charge is 2.27. The molecule has 0 spiro atoms. The van der Waals surface area contributed by atoms with Crippen LogP contribution in [0.4, 0.5) is 0 Å². The normalized spacial score (nSPS) is 14.6. The van der Waals surface area contributed by atoms with E-state index in [0.29, 0.717) is 25.8 Å². The number of hydrogen-bond donors (Lipinski definition) is 1. The van der Waals surface area contributed by atoms with Gasteiger partial charge in [0.15, 0.2) is 0 Å². The van der Waals surface area contributed by atoms with Gasteiger partial charge in [-0.15, -0.1) is 0 Å². The van der Waals surface area contributed by atoms with Gasteiger partial charge in [-0.25, -0.2) is 0 Å². The van der Waals surface area contributed by atoms with E-state index >= 15 is 0 Å². The zero-order valence-corrected chi connectivity index (χ0v) is 14.6. The number of nitrogens with zero attached hydrogens (tertiary/aromatic N) is 1. The first kappa shape index (κ1) is 19.7. The van der Waals surface area contributed by atoms with E-state index in [9.17, 15) is 14.4 Å². The van der Waals surface area contributed by atoms with Crippen molar-refractivity contribution in [2.75, 3.05) is 13.1 Å². The van der Waals surface area contributed by atoms with E-state index in [2.05, 4.69) is 12.2 Å². The van der Waals surface area contributed by atoms with Crippen molar-refractivity contribution >= 4 is 17.7 Å². The summed E-state index contributed by atoms with van der Waals surface area (Å²) in [4.78, 5) is 35.7. The fraction of sp³-hybridized carbons (Fsp3) is 0.833. The van der Waals surface area contributed by atoms with Gasteiger partial charge < -0.3 is 5.32 Å². The van der Waals surface area contributed by atoms with Crippen LogP contribution < -0.4 is 5.32 Å². The molecular formula is C18H32N2O3. The molecule has 5 nitrogen and oxygen atoms in total. The van der Waals surface area contributed by atoms with Crippen molar-refractivity contribution in [3.63, 3.8) is 0 Å². The molecule has 1 aliphatic heterocycles. The molecule has 0 unspecified atom stereocenters. The molecule has 1 heterocycles. The van der Waals surface area contributed by atoms with E-state index in [4.69, 9.17) is 0 Å². The molecule has 3 amide bonds. The fourth-order valence-corrected chi connectivity index (χ4v) is 2.84. The highest BCUT2D eigenvalue weighted by atomic mass is 16.2. The maximum absolute atomic E-state index is 11.4. The topological polar surface area (TPSA) is 66.5 Å². The number of carbonyl (C=O) groups excluding carboxylic acids is 3. The first-order valence-corrected chi connectivity index (χ1v) is 9.25. The summed E-state index contributed by atoms with van der Waals surface area (Å²) in [5, 5.41) is 2.90. The van der Waals surface area contributed by atoms with E-state index in [1.54, 1.807) is 0 Å². The van der Waals surface area contributed by atoms with Gasteiger partial charge >= 0.3 is 0 Å². The van der Waals surface area contributed by atoms with Crippen LogP contribution in [0.5, 0.6) is 0 Å². The molecule has 0 bridgehead atoms. The number of hydrogen-bond acceptors (Lipinski definition) is 3. The minimum Gasteiger partial charge on any atom is -0.356 e. The lowest BCUT2D eigenvalue weighted by atomic mass is 10.1. The van der Waals surface area contributed by atoms with Gasteiger partial charge in [-0.2, -0.15) is 0 Å². The highest BCUT2D eigenvalue weighted by Crippen LogP contribution is 2.14. The van der Waals surface area contributed by atoms with Crippen LogP contribution in [0, 0.1) is 0 Å². The fourth-order valence-electron chi connectivity index (χ4n) is 2.84. The Morgan fingerprint density at radius 3 is 2.00 bits per heavy atom. The van der Waals surface area contributed by atoms with Crippen molar-refractivity contribution in [2.45, 2.75) is 84.0 Å². The predicted octanol–water partition coefficient (Wildman–Crippen LogP) is 3.17. The van der Waals surface area contributed by atoms with Crippen molar-refractivity contribution in [1.29, 1.82) is 0 Å². The quantitative estimate of drug-likeness (QED) is 0.418. The summed E-state index contributed by atoms with van der Waals surface area (Å²) in [6, 6.07) is 0. The lowest BCUT2D eigenvalue weighted by Gasteiger charge is -2.13. The third kappa shape index (κ3) is 8.72. The van der Waals surface area contributed by atoms with Gasteiger partial charge in [0.05, 0.1) is 0 Å². The number of rotatable bonds is 13. The molecule has 0 aromatic carbocycles. The molecule has 0 atom stereocenters. The van der Waals surface area contributed by atoms with Crippen LogP contribution in [-0.4, -0.2) is 35.7 Å². The molecule has 1 N–H and O–H groups in total. The van der Waals surface area contributed by atoms with Crippen LogP contribution in [0.1, 0.15) is 84.0 Å². The van der Waals surface area contributed by atoms with Crippen molar-refractivity contribution in [1.82, 2.24) is 10.2 Å². The van der Waals surface area contributed by atoms with Gasteiger partial charge in [-0.05, 0) is 19.3 Å². The number of unbranched alkanes of at least 4 members (excludes halogenated alkanes) is 7. The zero-order chi connectivity index (χ0) is 16.9. The lowest BCUT2D eigenvalue weighted by molar-refractivity contribution is -0.138. The van der Waals surface area contributed by atoms with E-state index in [0.717, 1.165) is 45.1 Å². The Morgan fingerprint density at radius 1 is 0.913 bits per heavy atom. The molecule has 1 fully saturated rings. The minimum atomic E-state index is -0.00188. The second-order valence-corrected chi connectivity index (χ2v) is 6.37. The van der Waals surface area contributed by atoms with Crippen molar-refractivity contribution in [3.05, 3.63) is 0 Å².